The number of likely N-dealkylation sites (N-methyl/N-ethyl adjacent to an activating group) is 1. The van der Waals surface area contributed by atoms with Crippen LogP contribution in [0, 0.1) is 0 Å². The third-order valence-electron chi connectivity index (χ3n) is 2.51. The molecule has 2 rings (SSSR count). The SMILES string of the molecule is CCN1C(=O)CC(c2ccsc2)C1=O. The summed E-state index contributed by atoms with van der Waals surface area (Å²) in [5, 5.41) is 3.87. The third kappa shape index (κ3) is 1.35. The van der Waals surface area contributed by atoms with E-state index in [1.54, 1.807) is 11.3 Å². The Bertz CT molecular complexity index is 358. The second kappa shape index (κ2) is 3.53. The molecule has 0 saturated carbocycles. The molecule has 2 amide bonds. The molecule has 1 saturated heterocycles. The first kappa shape index (κ1) is 9.40. The minimum Gasteiger partial charge on any atom is -0.282 e. The van der Waals surface area contributed by atoms with Gasteiger partial charge < -0.3 is 0 Å². The van der Waals surface area contributed by atoms with E-state index in [9.17, 15) is 9.59 Å². The van der Waals surface area contributed by atoms with Crippen molar-refractivity contribution in [1.29, 1.82) is 0 Å². The summed E-state index contributed by atoms with van der Waals surface area (Å²) in [7, 11) is 0. The molecule has 0 radical (unpaired) electrons. The highest BCUT2D eigenvalue weighted by Crippen LogP contribution is 2.30. The van der Waals surface area contributed by atoms with Gasteiger partial charge in [0, 0.05) is 13.0 Å². The fourth-order valence-electron chi connectivity index (χ4n) is 1.75. The molecule has 3 nitrogen and oxygen atoms in total. The molecule has 1 fully saturated rings. The van der Waals surface area contributed by atoms with Crippen LogP contribution in [-0.2, 0) is 9.59 Å². The van der Waals surface area contributed by atoms with E-state index in [2.05, 4.69) is 0 Å². The number of imide groups is 1. The van der Waals surface area contributed by atoms with Crippen molar-refractivity contribution < 1.29 is 9.59 Å². The van der Waals surface area contributed by atoms with E-state index >= 15 is 0 Å². The number of likely N-dealkylation sites (tertiary alicyclic amines) is 1. The standard InChI is InChI=1S/C10H11NO2S/c1-2-11-9(12)5-8(10(11)13)7-3-4-14-6-7/h3-4,6,8H,2,5H2,1H3. The normalized spacial score (nSPS) is 22.1. The number of carbonyl (C=O) groups excluding carboxylic acids is 2. The van der Waals surface area contributed by atoms with Gasteiger partial charge in [-0.3, -0.25) is 14.5 Å². The zero-order valence-electron chi connectivity index (χ0n) is 7.90. The maximum atomic E-state index is 11.8. The maximum absolute atomic E-state index is 11.8. The van der Waals surface area contributed by atoms with Gasteiger partial charge in [-0.15, -0.1) is 0 Å². The van der Waals surface area contributed by atoms with Crippen LogP contribution in [0.15, 0.2) is 16.8 Å². The van der Waals surface area contributed by atoms with Gasteiger partial charge in [0.15, 0.2) is 0 Å². The summed E-state index contributed by atoms with van der Waals surface area (Å²) in [5.41, 5.74) is 0.976. The summed E-state index contributed by atoms with van der Waals surface area (Å²) in [6, 6.07) is 1.92. The quantitative estimate of drug-likeness (QED) is 0.694. The fraction of sp³-hybridized carbons (Fsp3) is 0.400. The number of amides is 2. The first-order valence-electron chi connectivity index (χ1n) is 4.60. The minimum absolute atomic E-state index is 0.0455. The van der Waals surface area contributed by atoms with E-state index in [-0.39, 0.29) is 17.7 Å². The predicted octanol–water partition coefficient (Wildman–Crippen LogP) is 1.61. The first-order valence-corrected chi connectivity index (χ1v) is 5.54. The smallest absolute Gasteiger partial charge is 0.237 e. The second-order valence-electron chi connectivity index (χ2n) is 3.29. The molecule has 1 unspecified atom stereocenters. The van der Waals surface area contributed by atoms with Crippen LogP contribution >= 0.6 is 11.3 Å². The van der Waals surface area contributed by atoms with Crippen molar-refractivity contribution in [2.75, 3.05) is 6.54 Å². The second-order valence-corrected chi connectivity index (χ2v) is 4.07. The molecule has 0 aromatic carbocycles. The average molecular weight is 209 g/mol. The molecule has 2 heterocycles. The Morgan fingerprint density at radius 1 is 1.57 bits per heavy atom. The van der Waals surface area contributed by atoms with Gasteiger partial charge in [-0.1, -0.05) is 0 Å². The molecule has 0 spiro atoms. The summed E-state index contributed by atoms with van der Waals surface area (Å²) in [6.07, 6.45) is 0.337. The lowest BCUT2D eigenvalue weighted by Gasteiger charge is -2.10. The lowest BCUT2D eigenvalue weighted by molar-refractivity contribution is -0.138. The molecule has 0 bridgehead atoms. The number of nitrogens with zero attached hydrogens (tertiary/aromatic N) is 1. The lowest BCUT2D eigenvalue weighted by Crippen LogP contribution is -2.29. The van der Waals surface area contributed by atoms with E-state index in [4.69, 9.17) is 0 Å². The van der Waals surface area contributed by atoms with Gasteiger partial charge >= 0.3 is 0 Å². The van der Waals surface area contributed by atoms with Gasteiger partial charge in [0.1, 0.15) is 0 Å². The van der Waals surface area contributed by atoms with E-state index in [1.807, 2.05) is 23.8 Å². The van der Waals surface area contributed by atoms with Gasteiger partial charge in [0.2, 0.25) is 11.8 Å². The summed E-state index contributed by atoms with van der Waals surface area (Å²) < 4.78 is 0. The number of thiophene rings is 1. The van der Waals surface area contributed by atoms with Crippen LogP contribution in [0.25, 0.3) is 0 Å². The highest BCUT2D eigenvalue weighted by atomic mass is 32.1. The zero-order valence-corrected chi connectivity index (χ0v) is 8.71. The van der Waals surface area contributed by atoms with Gasteiger partial charge in [-0.2, -0.15) is 11.3 Å². The van der Waals surface area contributed by atoms with Crippen LogP contribution < -0.4 is 0 Å². The molecule has 14 heavy (non-hydrogen) atoms. The Hall–Kier alpha value is -1.16. The molecule has 1 aromatic heterocycles. The van der Waals surface area contributed by atoms with Crippen molar-refractivity contribution in [1.82, 2.24) is 4.90 Å². The highest BCUT2D eigenvalue weighted by Gasteiger charge is 2.38. The molecule has 0 N–H and O–H groups in total. The van der Waals surface area contributed by atoms with Crippen molar-refractivity contribution in [3.8, 4) is 0 Å². The Kier molecular flexibility index (Phi) is 2.37. The minimum atomic E-state index is -0.228. The predicted molar refractivity (Wildman–Crippen MR) is 54.1 cm³/mol. The summed E-state index contributed by atoms with van der Waals surface area (Å²) in [5.74, 6) is -0.321. The largest absolute Gasteiger partial charge is 0.282 e. The molecule has 1 aliphatic heterocycles. The van der Waals surface area contributed by atoms with Crippen molar-refractivity contribution >= 4 is 23.2 Å². The van der Waals surface area contributed by atoms with Crippen molar-refractivity contribution in [2.24, 2.45) is 0 Å². The van der Waals surface area contributed by atoms with Crippen LogP contribution in [0.3, 0.4) is 0 Å². The number of hydrogen-bond donors (Lipinski definition) is 0. The summed E-state index contributed by atoms with van der Waals surface area (Å²) >= 11 is 1.56. The topological polar surface area (TPSA) is 37.4 Å². The maximum Gasteiger partial charge on any atom is 0.237 e. The summed E-state index contributed by atoms with van der Waals surface area (Å²) in [4.78, 5) is 24.5. The van der Waals surface area contributed by atoms with Gasteiger partial charge in [0.05, 0.1) is 5.92 Å². The molecule has 1 aliphatic rings. The molecular weight excluding hydrogens is 198 g/mol. The Balaban J connectivity index is 2.25. The van der Waals surface area contributed by atoms with E-state index in [0.29, 0.717) is 13.0 Å². The molecule has 1 aromatic rings. The van der Waals surface area contributed by atoms with E-state index in [0.717, 1.165) is 5.56 Å². The molecular formula is C10H11NO2S. The van der Waals surface area contributed by atoms with Gasteiger partial charge in [-0.05, 0) is 29.3 Å². The Morgan fingerprint density at radius 2 is 2.36 bits per heavy atom. The molecule has 74 valence electrons. The van der Waals surface area contributed by atoms with Crippen LogP contribution in [-0.4, -0.2) is 23.3 Å². The average Bonchev–Trinajstić information content (AvgIpc) is 2.74. The Morgan fingerprint density at radius 3 is 2.86 bits per heavy atom. The lowest BCUT2D eigenvalue weighted by atomic mass is 10.0. The number of rotatable bonds is 2. The first-order chi connectivity index (χ1) is 6.74. The monoisotopic (exact) mass is 209 g/mol. The van der Waals surface area contributed by atoms with Crippen molar-refractivity contribution in [3.63, 3.8) is 0 Å². The fourth-order valence-corrected chi connectivity index (χ4v) is 2.46. The van der Waals surface area contributed by atoms with Crippen LogP contribution in [0.1, 0.15) is 24.8 Å². The van der Waals surface area contributed by atoms with E-state index < -0.39 is 0 Å². The van der Waals surface area contributed by atoms with Crippen LogP contribution in [0.4, 0.5) is 0 Å². The molecule has 0 aliphatic carbocycles. The number of hydrogen-bond acceptors (Lipinski definition) is 3. The van der Waals surface area contributed by atoms with E-state index in [1.165, 1.54) is 4.90 Å². The van der Waals surface area contributed by atoms with Gasteiger partial charge in [-0.25, -0.2) is 0 Å². The van der Waals surface area contributed by atoms with Crippen LogP contribution in [0.5, 0.6) is 0 Å². The third-order valence-corrected chi connectivity index (χ3v) is 3.21. The van der Waals surface area contributed by atoms with Crippen LogP contribution in [0.2, 0.25) is 0 Å². The Labute approximate surface area is 86.3 Å². The summed E-state index contributed by atoms with van der Waals surface area (Å²) in [6.45, 7) is 2.31. The van der Waals surface area contributed by atoms with Gasteiger partial charge in [0.25, 0.3) is 0 Å². The van der Waals surface area contributed by atoms with Crippen molar-refractivity contribution in [3.05, 3.63) is 22.4 Å². The zero-order chi connectivity index (χ0) is 10.1. The highest BCUT2D eigenvalue weighted by molar-refractivity contribution is 7.08. The molecule has 4 heteroatoms. The number of carbonyl (C=O) groups is 2. The van der Waals surface area contributed by atoms with Crippen molar-refractivity contribution in [2.45, 2.75) is 19.3 Å². The molecule has 1 atom stereocenters.